The normalized spacial score (nSPS) is 14.5. The molecule has 17 heavy (non-hydrogen) atoms. The Morgan fingerprint density at radius 2 is 2.18 bits per heavy atom. The molecule has 0 atom stereocenters. The number of hydrogen-bond acceptors (Lipinski definition) is 3. The topological polar surface area (TPSA) is 66.0 Å². The van der Waals surface area contributed by atoms with Gasteiger partial charge in [0.1, 0.15) is 5.82 Å². The first-order valence-electron chi connectivity index (χ1n) is 5.93. The highest BCUT2D eigenvalue weighted by atomic mass is 16.2. The highest BCUT2D eigenvalue weighted by molar-refractivity contribution is 5.88. The summed E-state index contributed by atoms with van der Waals surface area (Å²) < 4.78 is 0. The molecule has 1 aromatic heterocycles. The molecule has 2 amide bonds. The average molecular weight is 234 g/mol. The van der Waals surface area contributed by atoms with E-state index >= 15 is 0 Å². The Bertz CT molecular complexity index is 384. The van der Waals surface area contributed by atoms with E-state index in [0.29, 0.717) is 17.9 Å². The smallest absolute Gasteiger partial charge is 0.320 e. The van der Waals surface area contributed by atoms with Crippen molar-refractivity contribution in [2.24, 2.45) is 0 Å². The molecule has 1 aliphatic carbocycles. The average Bonchev–Trinajstić information content (AvgIpc) is 3.04. The van der Waals surface area contributed by atoms with Gasteiger partial charge in [-0.1, -0.05) is 0 Å². The van der Waals surface area contributed by atoms with E-state index in [0.717, 1.165) is 18.5 Å². The quantitative estimate of drug-likeness (QED) is 0.748. The van der Waals surface area contributed by atoms with E-state index in [2.05, 4.69) is 34.8 Å². The highest BCUT2D eigenvalue weighted by Crippen LogP contribution is 2.18. The van der Waals surface area contributed by atoms with Crippen LogP contribution in [0.2, 0.25) is 0 Å². The lowest BCUT2D eigenvalue weighted by Gasteiger charge is -2.10. The van der Waals surface area contributed by atoms with Crippen LogP contribution in [0.3, 0.4) is 0 Å². The van der Waals surface area contributed by atoms with Gasteiger partial charge in [-0.25, -0.2) is 9.78 Å². The molecular formula is C12H18N4O. The van der Waals surface area contributed by atoms with Crippen LogP contribution in [0.1, 0.15) is 26.7 Å². The number of anilines is 2. The number of nitrogens with one attached hydrogen (secondary N) is 3. The molecule has 0 radical (unpaired) electrons. The molecule has 5 nitrogen and oxygen atoms in total. The Labute approximate surface area is 101 Å². The Morgan fingerprint density at radius 3 is 2.71 bits per heavy atom. The lowest BCUT2D eigenvalue weighted by atomic mass is 10.3. The summed E-state index contributed by atoms with van der Waals surface area (Å²) in [4.78, 5) is 15.6. The predicted molar refractivity (Wildman–Crippen MR) is 68.2 cm³/mol. The van der Waals surface area contributed by atoms with Crippen molar-refractivity contribution < 1.29 is 4.79 Å². The SMILES string of the molecule is CC(C)Nc1ccc(NC(=O)NC2CC2)nc1. The lowest BCUT2D eigenvalue weighted by Crippen LogP contribution is -2.30. The Balaban J connectivity index is 1.86. The van der Waals surface area contributed by atoms with Gasteiger partial charge in [0.25, 0.3) is 0 Å². The van der Waals surface area contributed by atoms with Gasteiger partial charge in [0.2, 0.25) is 0 Å². The zero-order chi connectivity index (χ0) is 12.3. The fourth-order valence-electron chi connectivity index (χ4n) is 1.45. The molecule has 0 bridgehead atoms. The van der Waals surface area contributed by atoms with Crippen LogP contribution in [0, 0.1) is 0 Å². The number of carbonyl (C=O) groups is 1. The van der Waals surface area contributed by atoms with Gasteiger partial charge in [0.15, 0.2) is 0 Å². The van der Waals surface area contributed by atoms with E-state index in [-0.39, 0.29) is 6.03 Å². The second-order valence-electron chi connectivity index (χ2n) is 4.60. The molecule has 1 fully saturated rings. The number of aromatic nitrogens is 1. The number of urea groups is 1. The zero-order valence-corrected chi connectivity index (χ0v) is 10.2. The molecule has 92 valence electrons. The number of pyridine rings is 1. The van der Waals surface area contributed by atoms with Crippen molar-refractivity contribution in [2.45, 2.75) is 38.8 Å². The van der Waals surface area contributed by atoms with Gasteiger partial charge in [-0.2, -0.15) is 0 Å². The van der Waals surface area contributed by atoms with Gasteiger partial charge in [0, 0.05) is 12.1 Å². The van der Waals surface area contributed by atoms with Gasteiger partial charge in [0.05, 0.1) is 11.9 Å². The fraction of sp³-hybridized carbons (Fsp3) is 0.500. The van der Waals surface area contributed by atoms with Gasteiger partial charge in [-0.05, 0) is 38.8 Å². The molecule has 0 aromatic carbocycles. The summed E-state index contributed by atoms with van der Waals surface area (Å²) >= 11 is 0. The molecule has 0 aliphatic heterocycles. The molecule has 1 aromatic rings. The summed E-state index contributed by atoms with van der Waals surface area (Å²) in [6.07, 6.45) is 3.88. The highest BCUT2D eigenvalue weighted by Gasteiger charge is 2.23. The van der Waals surface area contributed by atoms with Crippen molar-refractivity contribution in [1.29, 1.82) is 0 Å². The predicted octanol–water partition coefficient (Wildman–Crippen LogP) is 2.19. The van der Waals surface area contributed by atoms with Crippen LogP contribution >= 0.6 is 0 Å². The van der Waals surface area contributed by atoms with E-state index in [1.807, 2.05) is 6.07 Å². The molecule has 0 spiro atoms. The third kappa shape index (κ3) is 3.94. The Morgan fingerprint density at radius 1 is 1.41 bits per heavy atom. The molecule has 1 saturated carbocycles. The van der Waals surface area contributed by atoms with Crippen LogP contribution in [-0.2, 0) is 0 Å². The van der Waals surface area contributed by atoms with Crippen LogP contribution in [-0.4, -0.2) is 23.1 Å². The summed E-state index contributed by atoms with van der Waals surface area (Å²) in [6.45, 7) is 4.13. The minimum atomic E-state index is -0.176. The van der Waals surface area contributed by atoms with E-state index in [1.54, 1.807) is 12.3 Å². The molecule has 3 N–H and O–H groups in total. The second kappa shape index (κ2) is 5.03. The largest absolute Gasteiger partial charge is 0.382 e. The summed E-state index contributed by atoms with van der Waals surface area (Å²) in [6, 6.07) is 4.24. The fourth-order valence-corrected chi connectivity index (χ4v) is 1.45. The molecule has 1 aliphatic rings. The van der Waals surface area contributed by atoms with Crippen LogP contribution < -0.4 is 16.0 Å². The maximum Gasteiger partial charge on any atom is 0.320 e. The number of carbonyl (C=O) groups excluding carboxylic acids is 1. The van der Waals surface area contributed by atoms with Crippen LogP contribution in [0.25, 0.3) is 0 Å². The summed E-state index contributed by atoms with van der Waals surface area (Å²) in [7, 11) is 0. The van der Waals surface area contributed by atoms with Crippen molar-refractivity contribution in [1.82, 2.24) is 10.3 Å². The third-order valence-corrected chi connectivity index (χ3v) is 2.37. The summed E-state index contributed by atoms with van der Waals surface area (Å²) in [5.41, 5.74) is 0.952. The minimum absolute atomic E-state index is 0.176. The van der Waals surface area contributed by atoms with Crippen LogP contribution in [0.4, 0.5) is 16.3 Å². The number of rotatable bonds is 4. The summed E-state index contributed by atoms with van der Waals surface area (Å²) in [5, 5.41) is 8.78. The minimum Gasteiger partial charge on any atom is -0.382 e. The Hall–Kier alpha value is -1.78. The van der Waals surface area contributed by atoms with Crippen molar-refractivity contribution >= 4 is 17.5 Å². The molecule has 1 heterocycles. The molecular weight excluding hydrogens is 216 g/mol. The van der Waals surface area contributed by atoms with E-state index in [1.165, 1.54) is 0 Å². The molecule has 0 unspecified atom stereocenters. The zero-order valence-electron chi connectivity index (χ0n) is 10.2. The maximum absolute atomic E-state index is 11.4. The first kappa shape index (κ1) is 11.7. The standard InChI is InChI=1S/C12H18N4O/c1-8(2)14-10-5-6-11(13-7-10)16-12(17)15-9-3-4-9/h5-9,14H,3-4H2,1-2H3,(H2,13,15,16,17). The molecule has 5 heteroatoms. The van der Waals surface area contributed by atoms with Crippen LogP contribution in [0.5, 0.6) is 0 Å². The number of nitrogens with zero attached hydrogens (tertiary/aromatic N) is 1. The van der Waals surface area contributed by atoms with E-state index in [9.17, 15) is 4.79 Å². The van der Waals surface area contributed by atoms with Crippen molar-refractivity contribution in [3.05, 3.63) is 18.3 Å². The van der Waals surface area contributed by atoms with Gasteiger partial charge in [-0.3, -0.25) is 5.32 Å². The Kier molecular flexibility index (Phi) is 3.46. The van der Waals surface area contributed by atoms with Crippen molar-refractivity contribution in [3.63, 3.8) is 0 Å². The van der Waals surface area contributed by atoms with Gasteiger partial charge in [-0.15, -0.1) is 0 Å². The summed E-state index contributed by atoms with van der Waals surface area (Å²) in [5.74, 6) is 0.567. The van der Waals surface area contributed by atoms with Gasteiger partial charge >= 0.3 is 6.03 Å². The third-order valence-electron chi connectivity index (χ3n) is 2.37. The van der Waals surface area contributed by atoms with Crippen molar-refractivity contribution in [3.8, 4) is 0 Å². The maximum atomic E-state index is 11.4. The van der Waals surface area contributed by atoms with E-state index < -0.39 is 0 Å². The second-order valence-corrected chi connectivity index (χ2v) is 4.60. The molecule has 2 rings (SSSR count). The van der Waals surface area contributed by atoms with Gasteiger partial charge < -0.3 is 10.6 Å². The monoisotopic (exact) mass is 234 g/mol. The first-order chi connectivity index (χ1) is 8.13. The van der Waals surface area contributed by atoms with E-state index in [4.69, 9.17) is 0 Å². The van der Waals surface area contributed by atoms with Crippen LogP contribution in [0.15, 0.2) is 18.3 Å². The number of hydrogen-bond donors (Lipinski definition) is 3. The lowest BCUT2D eigenvalue weighted by molar-refractivity contribution is 0.251. The molecule has 0 saturated heterocycles. The van der Waals surface area contributed by atoms with Crippen molar-refractivity contribution in [2.75, 3.05) is 10.6 Å². The number of amides is 2. The first-order valence-corrected chi connectivity index (χ1v) is 5.93.